The summed E-state index contributed by atoms with van der Waals surface area (Å²) in [7, 11) is 0. The molecule has 7 heteroatoms. The number of nitrogens with two attached hydrogens (primary N) is 1. The Morgan fingerprint density at radius 3 is 2.60 bits per heavy atom. The van der Waals surface area contributed by atoms with Crippen LogP contribution in [-0.4, -0.2) is 29.4 Å². The smallest absolute Gasteiger partial charge is 0.341 e. The first-order chi connectivity index (χ1) is 11.3. The normalized spacial score (nSPS) is 22.2. The van der Waals surface area contributed by atoms with Gasteiger partial charge in [-0.3, -0.25) is 4.79 Å². The summed E-state index contributed by atoms with van der Waals surface area (Å²) in [6, 6.07) is 5.75. The van der Waals surface area contributed by atoms with Crippen molar-refractivity contribution in [3.8, 4) is 0 Å². The van der Waals surface area contributed by atoms with Gasteiger partial charge in [0, 0.05) is 13.1 Å². The molecule has 1 aromatic rings. The van der Waals surface area contributed by atoms with E-state index in [-0.39, 0.29) is 24.2 Å². The zero-order valence-electron chi connectivity index (χ0n) is 14.0. The lowest BCUT2D eigenvalue weighted by Gasteiger charge is -2.34. The lowest BCUT2D eigenvalue weighted by Crippen LogP contribution is -2.49. The van der Waals surface area contributed by atoms with Crippen molar-refractivity contribution >= 4 is 18.3 Å². The van der Waals surface area contributed by atoms with Gasteiger partial charge in [-0.1, -0.05) is 18.2 Å². The van der Waals surface area contributed by atoms with Crippen molar-refractivity contribution in [3.63, 3.8) is 0 Å². The molecular weight excluding hydrogens is 353 g/mol. The van der Waals surface area contributed by atoms with Crippen LogP contribution in [-0.2, 0) is 17.4 Å². The van der Waals surface area contributed by atoms with Gasteiger partial charge in [0.05, 0.1) is 11.1 Å². The third-order valence-corrected chi connectivity index (χ3v) is 5.17. The molecule has 1 heterocycles. The fraction of sp³-hybridized carbons (Fsp3) is 0.611. The van der Waals surface area contributed by atoms with Gasteiger partial charge < -0.3 is 10.6 Å². The molecule has 1 aliphatic heterocycles. The number of carbonyl (C=O) groups is 1. The molecule has 0 aromatic heterocycles. The number of alkyl halides is 3. The number of carbonyl (C=O) groups excluding carboxylic acids is 1. The van der Waals surface area contributed by atoms with Crippen LogP contribution in [0.5, 0.6) is 0 Å². The van der Waals surface area contributed by atoms with Crippen LogP contribution >= 0.6 is 12.4 Å². The van der Waals surface area contributed by atoms with E-state index in [9.17, 15) is 18.0 Å². The largest absolute Gasteiger partial charge is 0.416 e. The van der Waals surface area contributed by atoms with E-state index < -0.39 is 17.3 Å². The molecule has 1 amide bonds. The number of aryl methyl sites for hydroxylation is 1. The van der Waals surface area contributed by atoms with Gasteiger partial charge in [0.1, 0.15) is 0 Å². The van der Waals surface area contributed by atoms with Crippen molar-refractivity contribution in [2.24, 2.45) is 11.7 Å². The van der Waals surface area contributed by atoms with Crippen molar-refractivity contribution in [3.05, 3.63) is 35.4 Å². The molecular formula is C18H24ClF3N2O. The summed E-state index contributed by atoms with van der Waals surface area (Å²) >= 11 is 0. The monoisotopic (exact) mass is 376 g/mol. The number of benzene rings is 1. The maximum atomic E-state index is 13.1. The Morgan fingerprint density at radius 1 is 1.28 bits per heavy atom. The van der Waals surface area contributed by atoms with Gasteiger partial charge in [-0.25, -0.2) is 0 Å². The molecule has 2 N–H and O–H groups in total. The minimum atomic E-state index is -4.32. The molecule has 25 heavy (non-hydrogen) atoms. The van der Waals surface area contributed by atoms with E-state index in [1.54, 1.807) is 12.1 Å². The second-order valence-electron chi connectivity index (χ2n) is 7.11. The van der Waals surface area contributed by atoms with Crippen LogP contribution in [0.1, 0.15) is 43.2 Å². The number of halogens is 4. The second-order valence-corrected chi connectivity index (χ2v) is 7.11. The molecule has 0 spiro atoms. The highest BCUT2D eigenvalue weighted by Crippen LogP contribution is 2.36. The summed E-state index contributed by atoms with van der Waals surface area (Å²) in [4.78, 5) is 14.2. The molecule has 1 unspecified atom stereocenters. The predicted octanol–water partition coefficient (Wildman–Crippen LogP) is 3.79. The van der Waals surface area contributed by atoms with Crippen molar-refractivity contribution < 1.29 is 18.0 Å². The fourth-order valence-corrected chi connectivity index (χ4v) is 3.52. The van der Waals surface area contributed by atoms with E-state index in [2.05, 4.69) is 0 Å². The summed E-state index contributed by atoms with van der Waals surface area (Å²) in [5.74, 6) is 0.259. The molecule has 2 aliphatic rings. The van der Waals surface area contributed by atoms with E-state index >= 15 is 0 Å². The fourth-order valence-electron chi connectivity index (χ4n) is 3.52. The molecule has 140 valence electrons. The first-order valence-corrected chi connectivity index (χ1v) is 8.53. The minimum Gasteiger partial charge on any atom is -0.341 e. The second kappa shape index (κ2) is 7.54. The van der Waals surface area contributed by atoms with Crippen LogP contribution in [0.4, 0.5) is 13.2 Å². The summed E-state index contributed by atoms with van der Waals surface area (Å²) < 4.78 is 39.2. The Bertz CT molecular complexity index is 617. The molecule has 1 aromatic carbocycles. The van der Waals surface area contributed by atoms with Gasteiger partial charge >= 0.3 is 6.18 Å². The number of hydrogen-bond acceptors (Lipinski definition) is 2. The molecule has 2 fully saturated rings. The third kappa shape index (κ3) is 4.67. The number of hydrogen-bond donors (Lipinski definition) is 1. The highest BCUT2D eigenvalue weighted by molar-refractivity contribution is 5.89. The van der Waals surface area contributed by atoms with E-state index in [4.69, 9.17) is 5.73 Å². The number of nitrogens with zero attached hydrogens (tertiary/aromatic N) is 1. The highest BCUT2D eigenvalue weighted by atomic mass is 35.5. The van der Waals surface area contributed by atoms with Crippen molar-refractivity contribution in [1.29, 1.82) is 0 Å². The van der Waals surface area contributed by atoms with Crippen LogP contribution in [0.3, 0.4) is 0 Å². The van der Waals surface area contributed by atoms with Crippen molar-refractivity contribution in [1.82, 2.24) is 4.90 Å². The maximum Gasteiger partial charge on any atom is 0.416 e. The highest BCUT2D eigenvalue weighted by Gasteiger charge is 2.48. The van der Waals surface area contributed by atoms with E-state index in [0.717, 1.165) is 31.7 Å². The Kier molecular flexibility index (Phi) is 6.05. The zero-order chi connectivity index (χ0) is 17.4. The average Bonchev–Trinajstić information content (AvgIpc) is 3.31. The van der Waals surface area contributed by atoms with Gasteiger partial charge in [-0.05, 0) is 56.1 Å². The average molecular weight is 377 g/mol. The van der Waals surface area contributed by atoms with Gasteiger partial charge in [0.15, 0.2) is 0 Å². The lowest BCUT2D eigenvalue weighted by atomic mass is 9.90. The maximum absolute atomic E-state index is 13.1. The molecule has 0 bridgehead atoms. The van der Waals surface area contributed by atoms with E-state index in [1.165, 1.54) is 6.07 Å². The molecule has 0 radical (unpaired) electrons. The molecule has 3 nitrogen and oxygen atoms in total. The Hall–Kier alpha value is -1.27. The first kappa shape index (κ1) is 20.0. The molecule has 1 atom stereocenters. The number of piperidine rings is 1. The summed E-state index contributed by atoms with van der Waals surface area (Å²) in [6.45, 7) is 1.33. The molecule has 3 rings (SSSR count). The number of amides is 1. The summed E-state index contributed by atoms with van der Waals surface area (Å²) in [6.07, 6.45) is 0.0640. The molecule has 1 aliphatic carbocycles. The Morgan fingerprint density at radius 2 is 1.96 bits per heavy atom. The predicted molar refractivity (Wildman–Crippen MR) is 92.5 cm³/mol. The van der Waals surface area contributed by atoms with Crippen molar-refractivity contribution in [2.45, 2.75) is 50.2 Å². The van der Waals surface area contributed by atoms with E-state index in [0.29, 0.717) is 31.5 Å². The van der Waals surface area contributed by atoms with Crippen LogP contribution < -0.4 is 5.73 Å². The van der Waals surface area contributed by atoms with Crippen LogP contribution in [0.25, 0.3) is 0 Å². The van der Waals surface area contributed by atoms with Gasteiger partial charge in [0.2, 0.25) is 5.91 Å². The Labute approximate surface area is 152 Å². The van der Waals surface area contributed by atoms with Gasteiger partial charge in [-0.2, -0.15) is 13.2 Å². The van der Waals surface area contributed by atoms with Crippen molar-refractivity contribution in [2.75, 3.05) is 13.1 Å². The van der Waals surface area contributed by atoms with E-state index in [1.807, 2.05) is 4.90 Å². The molecule has 1 saturated heterocycles. The minimum absolute atomic E-state index is 0. The number of likely N-dealkylation sites (tertiary alicyclic amines) is 1. The first-order valence-electron chi connectivity index (χ1n) is 8.53. The Balaban J connectivity index is 0.00000225. The zero-order valence-corrected chi connectivity index (χ0v) is 14.8. The summed E-state index contributed by atoms with van der Waals surface area (Å²) in [5.41, 5.74) is 5.11. The lowest BCUT2D eigenvalue weighted by molar-refractivity contribution is -0.138. The SMILES string of the molecule is Cl.NC1(C(=O)N2CCCC(CCc3ccccc3C(F)(F)F)C2)CC1. The summed E-state index contributed by atoms with van der Waals surface area (Å²) in [5, 5.41) is 0. The number of rotatable bonds is 4. The van der Waals surface area contributed by atoms with Crippen LogP contribution in [0, 0.1) is 5.92 Å². The van der Waals surface area contributed by atoms with Crippen LogP contribution in [0.15, 0.2) is 24.3 Å². The van der Waals surface area contributed by atoms with Gasteiger partial charge in [-0.15, -0.1) is 12.4 Å². The van der Waals surface area contributed by atoms with Crippen LogP contribution in [0.2, 0.25) is 0 Å². The van der Waals surface area contributed by atoms with Gasteiger partial charge in [0.25, 0.3) is 0 Å². The third-order valence-electron chi connectivity index (χ3n) is 5.17. The topological polar surface area (TPSA) is 46.3 Å². The quantitative estimate of drug-likeness (QED) is 0.869. The molecule has 1 saturated carbocycles. The standard InChI is InChI=1S/C18H23F3N2O.ClH/c19-18(20,21)15-6-2-1-5-14(15)8-7-13-4-3-11-23(12-13)16(24)17(22)9-10-17;/h1-2,5-6,13H,3-4,7-12,22H2;1H.